The smallest absolute Gasteiger partial charge is 0.0717 e. The van der Waals surface area contributed by atoms with Gasteiger partial charge in [0.25, 0.3) is 0 Å². The van der Waals surface area contributed by atoms with Crippen LogP contribution in [0.1, 0.15) is 18.4 Å². The van der Waals surface area contributed by atoms with Crippen molar-refractivity contribution < 1.29 is 4.74 Å². The van der Waals surface area contributed by atoms with Gasteiger partial charge in [-0.25, -0.2) is 0 Å². The molecule has 1 saturated heterocycles. The quantitative estimate of drug-likeness (QED) is 0.758. The minimum absolute atomic E-state index is 0.759. The van der Waals surface area contributed by atoms with Gasteiger partial charge in [-0.3, -0.25) is 0 Å². The van der Waals surface area contributed by atoms with Crippen LogP contribution in [-0.4, -0.2) is 18.7 Å². The van der Waals surface area contributed by atoms with Crippen molar-refractivity contribution in [2.45, 2.75) is 31.5 Å². The second-order valence-electron chi connectivity index (χ2n) is 4.64. The van der Waals surface area contributed by atoms with Crippen LogP contribution in [0, 0.1) is 5.92 Å². The maximum atomic E-state index is 5.76. The molecule has 2 aliphatic rings. The molecule has 1 N–H and O–H groups in total. The van der Waals surface area contributed by atoms with Gasteiger partial charge in [-0.05, 0) is 24.3 Å². The van der Waals surface area contributed by atoms with E-state index in [9.17, 15) is 0 Å². The second-order valence-corrected chi connectivity index (χ2v) is 4.64. The first kappa shape index (κ1) is 9.37. The topological polar surface area (TPSA) is 31.2 Å². The molecular formula is C13H17NO. The number of benzene rings is 1. The van der Waals surface area contributed by atoms with Crippen LogP contribution in [0.15, 0.2) is 30.3 Å². The van der Waals surface area contributed by atoms with Crippen LogP contribution in [0.25, 0.3) is 0 Å². The van der Waals surface area contributed by atoms with Crippen molar-refractivity contribution in [3.63, 3.8) is 0 Å². The Kier molecular flexibility index (Phi) is 2.47. The summed E-state index contributed by atoms with van der Waals surface area (Å²) >= 11 is 0. The highest BCUT2D eigenvalue weighted by molar-refractivity contribution is 5.13. The maximum Gasteiger partial charge on any atom is 0.0717 e. The van der Waals surface area contributed by atoms with Gasteiger partial charge in [-0.2, -0.15) is 0 Å². The summed E-state index contributed by atoms with van der Waals surface area (Å²) in [5, 5.41) is 3.49. The Labute approximate surface area is 90.6 Å². The van der Waals surface area contributed by atoms with Crippen LogP contribution < -0.4 is 5.32 Å². The molecule has 2 fully saturated rings. The molecule has 1 aromatic carbocycles. The van der Waals surface area contributed by atoms with E-state index in [1.807, 2.05) is 6.07 Å². The zero-order chi connectivity index (χ0) is 10.1. The van der Waals surface area contributed by atoms with Gasteiger partial charge in [0.1, 0.15) is 0 Å². The van der Waals surface area contributed by atoms with Crippen molar-refractivity contribution in [3.05, 3.63) is 35.9 Å². The SMILES string of the molecule is c1ccc(COC[C@@H]2CC[C@H]3N[C@@H]23)cc1. The Morgan fingerprint density at radius 3 is 2.73 bits per heavy atom. The lowest BCUT2D eigenvalue weighted by atomic mass is 10.1. The third kappa shape index (κ3) is 2.06. The number of fused-ring (bicyclic) bond motifs is 1. The van der Waals surface area contributed by atoms with Gasteiger partial charge in [0, 0.05) is 12.1 Å². The van der Waals surface area contributed by atoms with Gasteiger partial charge in [-0.15, -0.1) is 0 Å². The van der Waals surface area contributed by atoms with Crippen molar-refractivity contribution in [3.8, 4) is 0 Å². The van der Waals surface area contributed by atoms with Gasteiger partial charge in [0.2, 0.25) is 0 Å². The molecular weight excluding hydrogens is 186 g/mol. The minimum atomic E-state index is 0.759. The molecule has 3 rings (SSSR count). The highest BCUT2D eigenvalue weighted by Crippen LogP contribution is 2.36. The number of nitrogens with one attached hydrogen (secondary N) is 1. The van der Waals surface area contributed by atoms with E-state index in [2.05, 4.69) is 29.6 Å². The average molecular weight is 203 g/mol. The van der Waals surface area contributed by atoms with Crippen molar-refractivity contribution in [1.82, 2.24) is 5.32 Å². The summed E-state index contributed by atoms with van der Waals surface area (Å²) in [6.45, 7) is 1.68. The lowest BCUT2D eigenvalue weighted by molar-refractivity contribution is 0.0873. The highest BCUT2D eigenvalue weighted by Gasteiger charge is 2.47. The van der Waals surface area contributed by atoms with Crippen LogP contribution >= 0.6 is 0 Å². The highest BCUT2D eigenvalue weighted by atomic mass is 16.5. The summed E-state index contributed by atoms with van der Waals surface area (Å²) < 4.78 is 5.76. The monoisotopic (exact) mass is 203 g/mol. The standard InChI is InChI=1S/C13H17NO/c1-2-4-10(5-3-1)8-15-9-11-6-7-12-13(11)14-12/h1-5,11-14H,6-9H2/t11-,12+,13-/m0/s1. The minimum Gasteiger partial charge on any atom is -0.376 e. The van der Waals surface area contributed by atoms with E-state index in [1.54, 1.807) is 0 Å². The zero-order valence-electron chi connectivity index (χ0n) is 8.86. The molecule has 1 aliphatic heterocycles. The summed E-state index contributed by atoms with van der Waals surface area (Å²) in [6.07, 6.45) is 2.70. The molecule has 0 aromatic heterocycles. The Morgan fingerprint density at radius 1 is 1.20 bits per heavy atom. The Balaban J connectivity index is 1.43. The van der Waals surface area contributed by atoms with E-state index in [0.29, 0.717) is 0 Å². The van der Waals surface area contributed by atoms with E-state index >= 15 is 0 Å². The molecule has 1 heterocycles. The third-order valence-electron chi connectivity index (χ3n) is 3.53. The molecule has 0 amide bonds. The molecule has 3 atom stereocenters. The summed E-state index contributed by atoms with van der Waals surface area (Å²) in [5.41, 5.74) is 1.27. The first-order chi connectivity index (χ1) is 7.43. The predicted octanol–water partition coefficient (Wildman–Crippen LogP) is 1.95. The molecule has 0 unspecified atom stereocenters. The molecule has 2 nitrogen and oxygen atoms in total. The van der Waals surface area contributed by atoms with Crippen LogP contribution in [0.2, 0.25) is 0 Å². The van der Waals surface area contributed by atoms with E-state index in [4.69, 9.17) is 4.74 Å². The van der Waals surface area contributed by atoms with Gasteiger partial charge in [0.15, 0.2) is 0 Å². The number of rotatable bonds is 4. The summed E-state index contributed by atoms with van der Waals surface area (Å²) in [5.74, 6) is 0.763. The second kappa shape index (κ2) is 3.95. The maximum absolute atomic E-state index is 5.76. The predicted molar refractivity (Wildman–Crippen MR) is 59.5 cm³/mol. The van der Waals surface area contributed by atoms with Crippen molar-refractivity contribution >= 4 is 0 Å². The van der Waals surface area contributed by atoms with Crippen molar-refractivity contribution in [2.75, 3.05) is 6.61 Å². The van der Waals surface area contributed by atoms with Crippen molar-refractivity contribution in [2.24, 2.45) is 5.92 Å². The molecule has 1 aliphatic carbocycles. The van der Waals surface area contributed by atoms with Crippen LogP contribution in [0.3, 0.4) is 0 Å². The van der Waals surface area contributed by atoms with E-state index in [1.165, 1.54) is 18.4 Å². The van der Waals surface area contributed by atoms with Gasteiger partial charge in [0.05, 0.1) is 13.2 Å². The Morgan fingerprint density at radius 2 is 2.07 bits per heavy atom. The molecule has 1 aromatic rings. The molecule has 0 spiro atoms. The largest absolute Gasteiger partial charge is 0.376 e. The molecule has 0 radical (unpaired) electrons. The molecule has 2 heteroatoms. The summed E-state index contributed by atoms with van der Waals surface area (Å²) in [4.78, 5) is 0. The molecule has 15 heavy (non-hydrogen) atoms. The normalized spacial score (nSPS) is 32.7. The number of ether oxygens (including phenoxy) is 1. The van der Waals surface area contributed by atoms with Crippen LogP contribution in [0.5, 0.6) is 0 Å². The average Bonchev–Trinajstić information content (AvgIpc) is 2.96. The fraction of sp³-hybridized carbons (Fsp3) is 0.538. The van der Waals surface area contributed by atoms with Gasteiger partial charge < -0.3 is 10.1 Å². The fourth-order valence-electron chi connectivity index (χ4n) is 2.58. The number of hydrogen-bond donors (Lipinski definition) is 1. The first-order valence-electron chi connectivity index (χ1n) is 5.81. The van der Waals surface area contributed by atoms with E-state index < -0.39 is 0 Å². The number of hydrogen-bond acceptors (Lipinski definition) is 2. The Bertz CT molecular complexity index is 325. The summed E-state index contributed by atoms with van der Waals surface area (Å²) in [6, 6.07) is 12.0. The molecule has 1 saturated carbocycles. The van der Waals surface area contributed by atoms with Crippen LogP contribution in [-0.2, 0) is 11.3 Å². The zero-order valence-corrected chi connectivity index (χ0v) is 8.86. The van der Waals surface area contributed by atoms with Crippen molar-refractivity contribution in [1.29, 1.82) is 0 Å². The Hall–Kier alpha value is -0.860. The van der Waals surface area contributed by atoms with Crippen LogP contribution in [0.4, 0.5) is 0 Å². The van der Waals surface area contributed by atoms with Gasteiger partial charge >= 0.3 is 0 Å². The van der Waals surface area contributed by atoms with E-state index in [0.717, 1.165) is 31.2 Å². The lowest BCUT2D eigenvalue weighted by Crippen LogP contribution is -2.15. The summed E-state index contributed by atoms with van der Waals surface area (Å²) in [7, 11) is 0. The van der Waals surface area contributed by atoms with Gasteiger partial charge in [-0.1, -0.05) is 30.3 Å². The third-order valence-corrected chi connectivity index (χ3v) is 3.53. The lowest BCUT2D eigenvalue weighted by Gasteiger charge is -2.11. The molecule has 80 valence electrons. The molecule has 0 bridgehead atoms. The van der Waals surface area contributed by atoms with E-state index in [-0.39, 0.29) is 0 Å². The first-order valence-corrected chi connectivity index (χ1v) is 5.81. The fourth-order valence-corrected chi connectivity index (χ4v) is 2.58. The number of piperidine rings is 1.